The van der Waals surface area contributed by atoms with Gasteiger partial charge >= 0.3 is 0 Å². The fraction of sp³-hybridized carbons (Fsp3) is 0.318. The summed E-state index contributed by atoms with van der Waals surface area (Å²) in [5.41, 5.74) is 3.15. The van der Waals surface area contributed by atoms with E-state index in [9.17, 15) is 13.0 Å². The zero-order valence-corrected chi connectivity index (χ0v) is 18.0. The Balaban J connectivity index is 0.000000234. The molecule has 7 heteroatoms. The largest absolute Gasteiger partial charge is 0.744 e. The van der Waals surface area contributed by atoms with Gasteiger partial charge in [-0.05, 0) is 45.0 Å². The molecule has 0 radical (unpaired) electrons. The maximum absolute atomic E-state index is 10.4. The van der Waals surface area contributed by atoms with Crippen molar-refractivity contribution in [1.82, 2.24) is 0 Å². The number of para-hydroxylation sites is 1. The van der Waals surface area contributed by atoms with Crippen LogP contribution in [0.4, 0.5) is 0 Å². The molecule has 0 unspecified atom stereocenters. The smallest absolute Gasteiger partial charge is 0.244 e. The summed E-state index contributed by atoms with van der Waals surface area (Å²) < 4.78 is 44.6. The Morgan fingerprint density at radius 1 is 0.931 bits per heavy atom. The maximum Gasteiger partial charge on any atom is 0.244 e. The van der Waals surface area contributed by atoms with Gasteiger partial charge in [0.1, 0.15) is 17.2 Å². The van der Waals surface area contributed by atoms with E-state index in [2.05, 4.69) is 28.8 Å². The van der Waals surface area contributed by atoms with Gasteiger partial charge in [0, 0.05) is 30.7 Å². The summed E-state index contributed by atoms with van der Waals surface area (Å²) in [6, 6.07) is 18.3. The Labute approximate surface area is 172 Å². The van der Waals surface area contributed by atoms with E-state index in [4.69, 9.17) is 9.47 Å². The quantitative estimate of drug-likeness (QED) is 0.348. The molecule has 0 fully saturated rings. The number of benzene rings is 2. The van der Waals surface area contributed by atoms with Crippen molar-refractivity contribution in [2.75, 3.05) is 13.2 Å². The minimum atomic E-state index is -4.27. The molecule has 0 N–H and O–H groups in total. The van der Waals surface area contributed by atoms with Crippen molar-refractivity contribution in [2.45, 2.75) is 32.0 Å². The first-order valence-corrected chi connectivity index (χ1v) is 10.8. The summed E-state index contributed by atoms with van der Waals surface area (Å²) in [4.78, 5) is -0.178. The topological polar surface area (TPSA) is 79.5 Å². The molecule has 0 spiro atoms. The molecule has 0 saturated heterocycles. The van der Waals surface area contributed by atoms with Crippen molar-refractivity contribution in [3.8, 4) is 0 Å². The van der Waals surface area contributed by atoms with Crippen LogP contribution in [0.1, 0.15) is 31.4 Å². The molecule has 3 rings (SSSR count). The molecule has 2 aromatic carbocycles. The highest BCUT2D eigenvalue weighted by Crippen LogP contribution is 2.18. The molecule has 0 amide bonds. The Morgan fingerprint density at radius 2 is 1.52 bits per heavy atom. The van der Waals surface area contributed by atoms with Gasteiger partial charge in [-0.2, -0.15) is 4.57 Å². The first kappa shape index (κ1) is 23.0. The fourth-order valence-corrected chi connectivity index (χ4v) is 3.29. The molecule has 29 heavy (non-hydrogen) atoms. The minimum absolute atomic E-state index is 0.178. The zero-order valence-electron chi connectivity index (χ0n) is 17.2. The lowest BCUT2D eigenvalue weighted by Gasteiger charge is -2.15. The van der Waals surface area contributed by atoms with E-state index >= 15 is 0 Å². The van der Waals surface area contributed by atoms with Crippen molar-refractivity contribution in [3.05, 3.63) is 71.9 Å². The van der Waals surface area contributed by atoms with Gasteiger partial charge in [0.25, 0.3) is 0 Å². The van der Waals surface area contributed by atoms with Crippen LogP contribution in [-0.2, 0) is 26.6 Å². The number of ether oxygens (including phenoxy) is 2. The van der Waals surface area contributed by atoms with Crippen LogP contribution in [0, 0.1) is 6.92 Å². The lowest BCUT2D eigenvalue weighted by molar-refractivity contribution is -0.661. The summed E-state index contributed by atoms with van der Waals surface area (Å²) in [5.74, 6) is 0. The lowest BCUT2D eigenvalue weighted by atomic mass is 10.2. The summed E-state index contributed by atoms with van der Waals surface area (Å²) in [7, 11) is -2.23. The molecule has 0 bridgehead atoms. The van der Waals surface area contributed by atoms with E-state index in [0.29, 0.717) is 13.2 Å². The molecule has 3 aromatic rings. The standard InChI is InChI=1S/C15H20NO2.C7H8O3S/c1-4-17-15(18-5-2)14-11-10-12-8-6-7-9-13(12)16(14)3;1-6-2-4-7(5-3-6)11(8,9)10/h6-11,15H,4-5H2,1-3H3;2-5H,1H3,(H,8,9,10)/q+1;/p-1. The highest BCUT2D eigenvalue weighted by atomic mass is 32.2. The van der Waals surface area contributed by atoms with E-state index in [1.807, 2.05) is 40.0 Å². The van der Waals surface area contributed by atoms with Crippen LogP contribution in [0.3, 0.4) is 0 Å². The number of hydrogen-bond acceptors (Lipinski definition) is 5. The third kappa shape index (κ3) is 6.33. The number of pyridine rings is 1. The molecule has 156 valence electrons. The Kier molecular flexibility index (Phi) is 8.28. The van der Waals surface area contributed by atoms with Gasteiger partial charge in [-0.15, -0.1) is 0 Å². The van der Waals surface area contributed by atoms with E-state index in [-0.39, 0.29) is 11.2 Å². The summed E-state index contributed by atoms with van der Waals surface area (Å²) >= 11 is 0. The van der Waals surface area contributed by atoms with Gasteiger partial charge in [0.2, 0.25) is 17.5 Å². The average Bonchev–Trinajstić information content (AvgIpc) is 2.69. The molecule has 0 aliphatic heterocycles. The first-order valence-electron chi connectivity index (χ1n) is 9.41. The van der Waals surface area contributed by atoms with Crippen LogP contribution in [0.2, 0.25) is 0 Å². The monoisotopic (exact) mass is 417 g/mol. The van der Waals surface area contributed by atoms with Gasteiger partial charge < -0.3 is 14.0 Å². The van der Waals surface area contributed by atoms with Gasteiger partial charge in [0.05, 0.1) is 4.90 Å². The third-order valence-corrected chi connectivity index (χ3v) is 5.16. The van der Waals surface area contributed by atoms with Gasteiger partial charge in [-0.3, -0.25) is 0 Å². The lowest BCUT2D eigenvalue weighted by Crippen LogP contribution is -2.37. The number of nitrogens with zero attached hydrogens (tertiary/aromatic N) is 1. The molecule has 0 saturated carbocycles. The second-order valence-corrected chi connectivity index (χ2v) is 7.77. The number of aryl methyl sites for hydroxylation is 2. The number of hydrogen-bond donors (Lipinski definition) is 0. The van der Waals surface area contributed by atoms with Crippen LogP contribution in [0.5, 0.6) is 0 Å². The van der Waals surface area contributed by atoms with Gasteiger partial charge in [0.15, 0.2) is 0 Å². The molecule has 6 nitrogen and oxygen atoms in total. The van der Waals surface area contributed by atoms with Gasteiger partial charge in [-0.1, -0.05) is 29.8 Å². The van der Waals surface area contributed by atoms with Crippen LogP contribution in [0.25, 0.3) is 10.9 Å². The molecule has 0 aliphatic carbocycles. The predicted molar refractivity (Wildman–Crippen MR) is 110 cm³/mol. The van der Waals surface area contributed by atoms with Crippen molar-refractivity contribution in [1.29, 1.82) is 0 Å². The molecule has 1 heterocycles. The van der Waals surface area contributed by atoms with Crippen molar-refractivity contribution in [2.24, 2.45) is 7.05 Å². The Hall–Kier alpha value is -2.32. The normalized spacial score (nSPS) is 11.4. The molecule has 0 aliphatic rings. The fourth-order valence-electron chi connectivity index (χ4n) is 2.82. The highest BCUT2D eigenvalue weighted by molar-refractivity contribution is 7.85. The Bertz CT molecular complexity index is 1030. The van der Waals surface area contributed by atoms with Gasteiger partial charge in [-0.25, -0.2) is 8.42 Å². The van der Waals surface area contributed by atoms with Crippen LogP contribution in [-0.4, -0.2) is 26.2 Å². The van der Waals surface area contributed by atoms with Crippen molar-refractivity contribution in [3.63, 3.8) is 0 Å². The second-order valence-electron chi connectivity index (χ2n) is 6.39. The number of fused-ring (bicyclic) bond motifs is 1. The van der Waals surface area contributed by atoms with E-state index in [0.717, 1.165) is 11.3 Å². The number of aromatic nitrogens is 1. The second kappa shape index (κ2) is 10.5. The Morgan fingerprint density at radius 3 is 2.07 bits per heavy atom. The zero-order chi connectivity index (χ0) is 21.4. The molecular formula is C22H27NO5S. The minimum Gasteiger partial charge on any atom is -0.744 e. The van der Waals surface area contributed by atoms with Crippen LogP contribution < -0.4 is 4.57 Å². The average molecular weight is 418 g/mol. The molecule has 0 atom stereocenters. The molecule has 1 aromatic heterocycles. The predicted octanol–water partition coefficient (Wildman–Crippen LogP) is 3.64. The third-order valence-electron chi connectivity index (χ3n) is 4.31. The summed E-state index contributed by atoms with van der Waals surface area (Å²) in [6.07, 6.45) is -0.297. The van der Waals surface area contributed by atoms with Crippen LogP contribution in [0.15, 0.2) is 65.6 Å². The maximum atomic E-state index is 10.4. The van der Waals surface area contributed by atoms with Crippen LogP contribution >= 0.6 is 0 Å². The first-order chi connectivity index (χ1) is 13.8. The summed E-state index contributed by atoms with van der Waals surface area (Å²) in [6.45, 7) is 7.05. The van der Waals surface area contributed by atoms with Crippen molar-refractivity contribution < 1.29 is 27.0 Å². The van der Waals surface area contributed by atoms with E-state index in [1.165, 1.54) is 23.0 Å². The summed E-state index contributed by atoms with van der Waals surface area (Å²) in [5, 5.41) is 1.22. The van der Waals surface area contributed by atoms with E-state index < -0.39 is 10.1 Å². The SMILES string of the molecule is CCOC(OCC)c1ccc2ccccc2[n+]1C.Cc1ccc(S(=O)(=O)[O-])cc1. The van der Waals surface area contributed by atoms with E-state index in [1.54, 1.807) is 12.1 Å². The van der Waals surface area contributed by atoms with Crippen molar-refractivity contribution >= 4 is 21.0 Å². The highest BCUT2D eigenvalue weighted by Gasteiger charge is 2.22. The number of rotatable bonds is 6. The molecular weight excluding hydrogens is 390 g/mol.